The Bertz CT molecular complexity index is 884. The van der Waals surface area contributed by atoms with Gasteiger partial charge in [-0.15, -0.1) is 0 Å². The topological polar surface area (TPSA) is 42.2 Å². The van der Waals surface area contributed by atoms with Gasteiger partial charge in [0.1, 0.15) is 0 Å². The molecule has 0 spiro atoms. The maximum absolute atomic E-state index is 12.9. The third-order valence-electron chi connectivity index (χ3n) is 3.76. The molecule has 0 fully saturated rings. The zero-order valence-corrected chi connectivity index (χ0v) is 13.3. The van der Waals surface area contributed by atoms with Gasteiger partial charge in [0.2, 0.25) is 0 Å². The van der Waals surface area contributed by atoms with Crippen molar-refractivity contribution in [2.45, 2.75) is 13.5 Å². The fraction of sp³-hybridized carbons (Fsp3) is 0.118. The number of aliphatic hydroxyl groups excluding tert-OH is 1. The van der Waals surface area contributed by atoms with Crippen molar-refractivity contribution in [2.24, 2.45) is 0 Å². The number of carbonyl (C=O) groups excluding carboxylic acids is 1. The molecule has 0 aliphatic heterocycles. The van der Waals surface area contributed by atoms with E-state index in [4.69, 9.17) is 23.2 Å². The summed E-state index contributed by atoms with van der Waals surface area (Å²) in [6, 6.07) is 12.3. The zero-order valence-electron chi connectivity index (χ0n) is 11.8. The number of carbonyl (C=O) groups is 1. The van der Waals surface area contributed by atoms with Crippen molar-refractivity contribution in [3.8, 4) is 0 Å². The number of hydrogen-bond acceptors (Lipinski definition) is 2. The summed E-state index contributed by atoms with van der Waals surface area (Å²) in [5.74, 6) is -0.263. The van der Waals surface area contributed by atoms with Crippen LogP contribution in [0.1, 0.15) is 21.6 Å². The maximum Gasteiger partial charge on any atom is 0.264 e. The first-order valence-electron chi connectivity index (χ1n) is 6.74. The van der Waals surface area contributed by atoms with Crippen molar-refractivity contribution >= 4 is 40.0 Å². The quantitative estimate of drug-likeness (QED) is 0.753. The number of aromatic nitrogens is 1. The number of halogens is 2. The molecule has 1 heterocycles. The predicted molar refractivity (Wildman–Crippen MR) is 88.8 cm³/mol. The van der Waals surface area contributed by atoms with Crippen LogP contribution in [0.2, 0.25) is 10.0 Å². The van der Waals surface area contributed by atoms with Crippen LogP contribution in [0, 0.1) is 6.92 Å². The molecule has 0 saturated heterocycles. The van der Waals surface area contributed by atoms with E-state index in [-0.39, 0.29) is 12.5 Å². The van der Waals surface area contributed by atoms with Crippen LogP contribution >= 0.6 is 23.2 Å². The average Bonchev–Trinajstić information content (AvgIpc) is 2.80. The van der Waals surface area contributed by atoms with Crippen LogP contribution in [-0.2, 0) is 6.61 Å². The van der Waals surface area contributed by atoms with E-state index in [0.29, 0.717) is 21.3 Å². The Morgan fingerprint density at radius 3 is 2.64 bits per heavy atom. The Balaban J connectivity index is 2.28. The van der Waals surface area contributed by atoms with Gasteiger partial charge >= 0.3 is 0 Å². The number of rotatable bonds is 2. The van der Waals surface area contributed by atoms with Gasteiger partial charge < -0.3 is 5.11 Å². The van der Waals surface area contributed by atoms with Crippen LogP contribution in [0.5, 0.6) is 0 Å². The molecule has 0 unspecified atom stereocenters. The largest absolute Gasteiger partial charge is 0.392 e. The van der Waals surface area contributed by atoms with Crippen molar-refractivity contribution in [1.29, 1.82) is 0 Å². The molecule has 0 bridgehead atoms. The van der Waals surface area contributed by atoms with Crippen molar-refractivity contribution in [3.63, 3.8) is 0 Å². The van der Waals surface area contributed by atoms with Crippen molar-refractivity contribution < 1.29 is 9.90 Å². The summed E-state index contributed by atoms with van der Waals surface area (Å²) in [5.41, 5.74) is 2.51. The van der Waals surface area contributed by atoms with Gasteiger partial charge in [0, 0.05) is 21.7 Å². The first-order chi connectivity index (χ1) is 10.5. The summed E-state index contributed by atoms with van der Waals surface area (Å²) in [5, 5.41) is 11.3. The number of nitrogens with zero attached hydrogens (tertiary/aromatic N) is 1. The van der Waals surface area contributed by atoms with Crippen LogP contribution in [0.15, 0.2) is 42.5 Å². The molecular weight excluding hydrogens is 321 g/mol. The minimum Gasteiger partial charge on any atom is -0.392 e. The lowest BCUT2D eigenvalue weighted by atomic mass is 10.1. The highest BCUT2D eigenvalue weighted by molar-refractivity contribution is 6.36. The summed E-state index contributed by atoms with van der Waals surface area (Å²) >= 11 is 12.1. The molecular formula is C17H13Cl2NO2. The summed E-state index contributed by atoms with van der Waals surface area (Å²) in [7, 11) is 0. The lowest BCUT2D eigenvalue weighted by Gasteiger charge is -2.09. The van der Waals surface area contributed by atoms with E-state index in [0.717, 1.165) is 16.5 Å². The van der Waals surface area contributed by atoms with Gasteiger partial charge in [0.05, 0.1) is 22.7 Å². The molecule has 1 N–H and O–H groups in total. The highest BCUT2D eigenvalue weighted by Gasteiger charge is 2.21. The Labute approximate surface area is 137 Å². The molecule has 0 atom stereocenters. The maximum atomic E-state index is 12.9. The number of benzene rings is 2. The molecule has 3 rings (SSSR count). The predicted octanol–water partition coefficient (Wildman–Crippen LogP) is 4.44. The van der Waals surface area contributed by atoms with E-state index in [2.05, 4.69) is 0 Å². The summed E-state index contributed by atoms with van der Waals surface area (Å²) in [6.45, 7) is 1.68. The Morgan fingerprint density at radius 1 is 1.18 bits per heavy atom. The average molecular weight is 334 g/mol. The second kappa shape index (κ2) is 5.76. The summed E-state index contributed by atoms with van der Waals surface area (Å²) in [4.78, 5) is 12.9. The van der Waals surface area contributed by atoms with E-state index in [9.17, 15) is 9.90 Å². The Hall–Kier alpha value is -1.81. The van der Waals surface area contributed by atoms with E-state index < -0.39 is 0 Å². The normalized spacial score (nSPS) is 11.1. The van der Waals surface area contributed by atoms with Crippen molar-refractivity contribution in [1.82, 2.24) is 4.57 Å². The van der Waals surface area contributed by atoms with E-state index in [1.807, 2.05) is 31.2 Å². The molecule has 0 aliphatic carbocycles. The first kappa shape index (κ1) is 15.1. The summed E-state index contributed by atoms with van der Waals surface area (Å²) < 4.78 is 1.57. The van der Waals surface area contributed by atoms with Crippen LogP contribution in [-0.4, -0.2) is 15.6 Å². The molecule has 3 nitrogen and oxygen atoms in total. The lowest BCUT2D eigenvalue weighted by Crippen LogP contribution is -2.14. The molecule has 2 aromatic carbocycles. The second-order valence-corrected chi connectivity index (χ2v) is 5.85. The number of fused-ring (bicyclic) bond motifs is 1. The van der Waals surface area contributed by atoms with E-state index >= 15 is 0 Å². The molecule has 5 heteroatoms. The van der Waals surface area contributed by atoms with Crippen molar-refractivity contribution in [3.05, 3.63) is 69.3 Å². The van der Waals surface area contributed by atoms with Gasteiger partial charge in [-0.25, -0.2) is 0 Å². The third-order valence-corrected chi connectivity index (χ3v) is 4.33. The lowest BCUT2D eigenvalue weighted by molar-refractivity contribution is 0.0963. The SMILES string of the molecule is Cc1c(CO)c2ccccc2n1C(=O)c1cc(Cl)ccc1Cl. The third kappa shape index (κ3) is 2.31. The van der Waals surface area contributed by atoms with Crippen LogP contribution in [0.3, 0.4) is 0 Å². The molecule has 0 aliphatic rings. The molecule has 1 aromatic heterocycles. The molecule has 0 amide bonds. The summed E-state index contributed by atoms with van der Waals surface area (Å²) in [6.07, 6.45) is 0. The Kier molecular flexibility index (Phi) is 3.96. The van der Waals surface area contributed by atoms with Crippen LogP contribution in [0.4, 0.5) is 0 Å². The van der Waals surface area contributed by atoms with E-state index in [1.54, 1.807) is 22.8 Å². The smallest absolute Gasteiger partial charge is 0.264 e. The standard InChI is InChI=1S/C17H13Cl2NO2/c1-10-14(9-21)12-4-2-3-5-16(12)20(10)17(22)13-8-11(18)6-7-15(13)19/h2-8,21H,9H2,1H3. The van der Waals surface area contributed by atoms with E-state index in [1.165, 1.54) is 0 Å². The van der Waals surface area contributed by atoms with Crippen molar-refractivity contribution in [2.75, 3.05) is 0 Å². The van der Waals surface area contributed by atoms with Crippen LogP contribution < -0.4 is 0 Å². The van der Waals surface area contributed by atoms with Gasteiger partial charge in [-0.1, -0.05) is 41.4 Å². The Morgan fingerprint density at radius 2 is 1.91 bits per heavy atom. The highest BCUT2D eigenvalue weighted by Crippen LogP contribution is 2.29. The molecule has 0 radical (unpaired) electrons. The van der Waals surface area contributed by atoms with Gasteiger partial charge in [-0.3, -0.25) is 9.36 Å². The van der Waals surface area contributed by atoms with Gasteiger partial charge in [0.25, 0.3) is 5.91 Å². The fourth-order valence-corrected chi connectivity index (χ4v) is 3.05. The number of aliphatic hydroxyl groups is 1. The number of para-hydroxylation sites is 1. The number of hydrogen-bond donors (Lipinski definition) is 1. The van der Waals surface area contributed by atoms with Crippen LogP contribution in [0.25, 0.3) is 10.9 Å². The first-order valence-corrected chi connectivity index (χ1v) is 7.49. The minimum atomic E-state index is -0.263. The van der Waals surface area contributed by atoms with Gasteiger partial charge in [-0.2, -0.15) is 0 Å². The fourth-order valence-electron chi connectivity index (χ4n) is 2.68. The van der Waals surface area contributed by atoms with Gasteiger partial charge in [-0.05, 0) is 31.2 Å². The molecule has 3 aromatic rings. The second-order valence-electron chi connectivity index (χ2n) is 5.00. The van der Waals surface area contributed by atoms with Gasteiger partial charge in [0.15, 0.2) is 0 Å². The molecule has 22 heavy (non-hydrogen) atoms. The molecule has 112 valence electrons. The molecule has 0 saturated carbocycles. The zero-order chi connectivity index (χ0) is 15.9. The highest BCUT2D eigenvalue weighted by atomic mass is 35.5. The monoisotopic (exact) mass is 333 g/mol. The minimum absolute atomic E-state index is 0.129.